The molecule has 0 spiro atoms. The highest BCUT2D eigenvalue weighted by atomic mass is 16.5. The molecule has 4 rings (SSSR count). The van der Waals surface area contributed by atoms with E-state index < -0.39 is 0 Å². The molecule has 0 radical (unpaired) electrons. The summed E-state index contributed by atoms with van der Waals surface area (Å²) in [4.78, 5) is 10.8. The summed E-state index contributed by atoms with van der Waals surface area (Å²) in [6.45, 7) is 3.02. The van der Waals surface area contributed by atoms with Crippen molar-refractivity contribution in [1.82, 2.24) is 14.9 Å². The van der Waals surface area contributed by atoms with Crippen molar-refractivity contribution < 1.29 is 4.74 Å². The molecule has 24 heavy (non-hydrogen) atoms. The molecule has 0 amide bonds. The fourth-order valence-corrected chi connectivity index (χ4v) is 3.56. The first-order chi connectivity index (χ1) is 11.9. The summed E-state index contributed by atoms with van der Waals surface area (Å²) in [5.74, 6) is 0.820. The Kier molecular flexibility index (Phi) is 4.86. The van der Waals surface area contributed by atoms with E-state index in [-0.39, 0.29) is 0 Å². The highest BCUT2D eigenvalue weighted by molar-refractivity contribution is 5.15. The van der Waals surface area contributed by atoms with Crippen LogP contribution in [0.5, 0.6) is 0 Å². The Balaban J connectivity index is 1.46. The van der Waals surface area contributed by atoms with E-state index in [1.54, 1.807) is 0 Å². The van der Waals surface area contributed by atoms with Crippen LogP contribution in [0.15, 0.2) is 49.1 Å². The Morgan fingerprint density at radius 2 is 1.58 bits per heavy atom. The van der Waals surface area contributed by atoms with Crippen molar-refractivity contribution in [2.75, 3.05) is 13.2 Å². The van der Waals surface area contributed by atoms with Gasteiger partial charge in [0.25, 0.3) is 0 Å². The minimum atomic E-state index is 0.348. The lowest BCUT2D eigenvalue weighted by Crippen LogP contribution is -2.38. The van der Waals surface area contributed by atoms with Crippen LogP contribution in [-0.2, 0) is 17.7 Å². The second-order valence-electron chi connectivity index (χ2n) is 7.06. The normalized spacial score (nSPS) is 24.3. The van der Waals surface area contributed by atoms with E-state index in [1.807, 2.05) is 24.8 Å². The van der Waals surface area contributed by atoms with Gasteiger partial charge < -0.3 is 4.74 Å². The zero-order valence-corrected chi connectivity index (χ0v) is 14.1. The summed E-state index contributed by atoms with van der Waals surface area (Å²) in [7, 11) is 0. The molecule has 1 saturated carbocycles. The van der Waals surface area contributed by atoms with Gasteiger partial charge in [0.2, 0.25) is 0 Å². The maximum absolute atomic E-state index is 6.31. The van der Waals surface area contributed by atoms with E-state index in [9.17, 15) is 0 Å². The topological polar surface area (TPSA) is 38.2 Å². The molecule has 0 unspecified atom stereocenters. The molecule has 3 heterocycles. The molecule has 2 aromatic rings. The largest absolute Gasteiger partial charge is 0.376 e. The van der Waals surface area contributed by atoms with Crippen molar-refractivity contribution in [3.63, 3.8) is 0 Å². The highest BCUT2D eigenvalue weighted by Gasteiger charge is 2.36. The van der Waals surface area contributed by atoms with Crippen LogP contribution in [0.2, 0.25) is 0 Å². The van der Waals surface area contributed by atoms with Gasteiger partial charge in [-0.15, -0.1) is 0 Å². The molecule has 4 nitrogen and oxygen atoms in total. The van der Waals surface area contributed by atoms with Gasteiger partial charge >= 0.3 is 0 Å². The second kappa shape index (κ2) is 7.41. The lowest BCUT2D eigenvalue weighted by Gasteiger charge is -2.28. The quantitative estimate of drug-likeness (QED) is 0.785. The lowest BCUT2D eigenvalue weighted by atomic mass is 10.0. The van der Waals surface area contributed by atoms with Crippen molar-refractivity contribution in [2.45, 2.75) is 44.4 Å². The number of nitrogens with zero attached hydrogens (tertiary/aromatic N) is 3. The molecule has 1 aliphatic carbocycles. The van der Waals surface area contributed by atoms with E-state index >= 15 is 0 Å². The van der Waals surface area contributed by atoms with Gasteiger partial charge in [-0.25, -0.2) is 0 Å². The van der Waals surface area contributed by atoms with E-state index in [4.69, 9.17) is 4.74 Å². The summed E-state index contributed by atoms with van der Waals surface area (Å²) in [6.07, 6.45) is 12.7. The minimum absolute atomic E-state index is 0.348. The minimum Gasteiger partial charge on any atom is -0.376 e. The third-order valence-corrected chi connectivity index (χ3v) is 5.17. The number of pyridine rings is 2. The van der Waals surface area contributed by atoms with Crippen molar-refractivity contribution in [3.8, 4) is 0 Å². The number of likely N-dealkylation sites (tertiary alicyclic amines) is 1. The molecule has 1 aliphatic heterocycles. The van der Waals surface area contributed by atoms with Crippen molar-refractivity contribution in [3.05, 3.63) is 60.2 Å². The van der Waals surface area contributed by atoms with Crippen LogP contribution in [0, 0.1) is 5.92 Å². The maximum atomic E-state index is 6.31. The zero-order chi connectivity index (χ0) is 16.2. The molecule has 0 bridgehead atoms. The van der Waals surface area contributed by atoms with Gasteiger partial charge in [-0.1, -0.05) is 0 Å². The Bertz CT molecular complexity index is 630. The van der Waals surface area contributed by atoms with Gasteiger partial charge in [0.15, 0.2) is 0 Å². The van der Waals surface area contributed by atoms with E-state index in [1.165, 1.54) is 24.0 Å². The third kappa shape index (κ3) is 4.00. The Morgan fingerprint density at radius 1 is 0.917 bits per heavy atom. The molecule has 2 aromatic heterocycles. The van der Waals surface area contributed by atoms with Gasteiger partial charge in [0.05, 0.1) is 6.10 Å². The van der Waals surface area contributed by atoms with Gasteiger partial charge in [0.1, 0.15) is 0 Å². The molecule has 2 aliphatic rings. The average molecular weight is 323 g/mol. The first kappa shape index (κ1) is 15.7. The predicted molar refractivity (Wildman–Crippen MR) is 93.5 cm³/mol. The lowest BCUT2D eigenvalue weighted by molar-refractivity contribution is 0.0196. The standard InChI is InChI=1S/C20H25N3O/c1-2-18(1)15-24-20-7-12-23(14-17-5-10-22-11-6-17)19(20)13-16-3-8-21-9-4-16/h3-6,8-11,18-20H,1-2,7,12-15H2/t19-,20-/m0/s1. The van der Waals surface area contributed by atoms with Crippen molar-refractivity contribution in [2.24, 2.45) is 5.92 Å². The van der Waals surface area contributed by atoms with Crippen molar-refractivity contribution >= 4 is 0 Å². The van der Waals surface area contributed by atoms with Crippen LogP contribution in [-0.4, -0.2) is 40.2 Å². The molecule has 2 atom stereocenters. The average Bonchev–Trinajstić information content (AvgIpc) is 3.39. The summed E-state index contributed by atoms with van der Waals surface area (Å²) in [5.41, 5.74) is 2.67. The summed E-state index contributed by atoms with van der Waals surface area (Å²) in [6, 6.07) is 8.92. The van der Waals surface area contributed by atoms with E-state index in [0.29, 0.717) is 12.1 Å². The van der Waals surface area contributed by atoms with Gasteiger partial charge in [-0.3, -0.25) is 14.9 Å². The fraction of sp³-hybridized carbons (Fsp3) is 0.500. The smallest absolute Gasteiger partial charge is 0.0745 e. The van der Waals surface area contributed by atoms with Crippen LogP contribution >= 0.6 is 0 Å². The predicted octanol–water partition coefficient (Wildman–Crippen LogP) is 3.09. The van der Waals surface area contributed by atoms with Crippen LogP contribution in [0.25, 0.3) is 0 Å². The zero-order valence-electron chi connectivity index (χ0n) is 14.1. The first-order valence-corrected chi connectivity index (χ1v) is 9.02. The molecule has 0 N–H and O–H groups in total. The molecule has 126 valence electrons. The second-order valence-corrected chi connectivity index (χ2v) is 7.06. The van der Waals surface area contributed by atoms with Gasteiger partial charge in [-0.05, 0) is 67.0 Å². The highest BCUT2D eigenvalue weighted by Crippen LogP contribution is 2.32. The number of rotatable bonds is 7. The maximum Gasteiger partial charge on any atom is 0.0745 e. The van der Waals surface area contributed by atoms with Crippen LogP contribution in [0.4, 0.5) is 0 Å². The summed E-state index contributed by atoms with van der Waals surface area (Å²) in [5, 5.41) is 0. The molecular weight excluding hydrogens is 298 g/mol. The molecule has 4 heteroatoms. The monoisotopic (exact) mass is 323 g/mol. The Morgan fingerprint density at radius 3 is 2.25 bits per heavy atom. The molecular formula is C20H25N3O. The van der Waals surface area contributed by atoms with Crippen molar-refractivity contribution in [1.29, 1.82) is 0 Å². The van der Waals surface area contributed by atoms with Crippen LogP contribution in [0.1, 0.15) is 30.4 Å². The van der Waals surface area contributed by atoms with E-state index in [0.717, 1.165) is 38.5 Å². The fourth-order valence-electron chi connectivity index (χ4n) is 3.56. The Hall–Kier alpha value is -1.78. The van der Waals surface area contributed by atoms with Gasteiger partial charge in [0, 0.05) is 50.5 Å². The summed E-state index contributed by atoms with van der Waals surface area (Å²) < 4.78 is 6.31. The molecule has 2 fully saturated rings. The number of aromatic nitrogens is 2. The SMILES string of the molecule is c1cc(C[C@H]2[C@@H](OCC3CC3)CCN2Cc2ccncc2)ccn1. The van der Waals surface area contributed by atoms with E-state index in [2.05, 4.69) is 39.1 Å². The van der Waals surface area contributed by atoms with Crippen LogP contribution < -0.4 is 0 Å². The number of hydrogen-bond acceptors (Lipinski definition) is 4. The Labute approximate surface area is 143 Å². The number of ether oxygens (including phenoxy) is 1. The van der Waals surface area contributed by atoms with Crippen LogP contribution in [0.3, 0.4) is 0 Å². The summed E-state index contributed by atoms with van der Waals surface area (Å²) >= 11 is 0. The number of hydrogen-bond donors (Lipinski definition) is 0. The molecule has 0 aromatic carbocycles. The molecule has 1 saturated heterocycles. The van der Waals surface area contributed by atoms with Gasteiger partial charge in [-0.2, -0.15) is 0 Å². The third-order valence-electron chi connectivity index (χ3n) is 5.17. The first-order valence-electron chi connectivity index (χ1n) is 9.02.